The van der Waals surface area contributed by atoms with Crippen LogP contribution in [0.1, 0.15) is 12.5 Å². The van der Waals surface area contributed by atoms with Gasteiger partial charge in [0.15, 0.2) is 0 Å². The molecule has 0 bridgehead atoms. The Balaban J connectivity index is 1.71. The van der Waals surface area contributed by atoms with Gasteiger partial charge in [-0.25, -0.2) is 4.79 Å². The summed E-state index contributed by atoms with van der Waals surface area (Å²) in [7, 11) is 1.22. The number of nitrogens with one attached hydrogen (secondary N) is 1. The van der Waals surface area contributed by atoms with E-state index >= 15 is 0 Å². The average Bonchev–Trinajstić information content (AvgIpc) is 2.69. The van der Waals surface area contributed by atoms with E-state index in [0.29, 0.717) is 11.3 Å². The molecule has 0 saturated carbocycles. The summed E-state index contributed by atoms with van der Waals surface area (Å²) >= 11 is 1.40. The maximum Gasteiger partial charge on any atom is 0.337 e. The first-order valence-electron chi connectivity index (χ1n) is 8.64. The van der Waals surface area contributed by atoms with E-state index in [1.807, 2.05) is 30.3 Å². The Labute approximate surface area is 167 Å². The summed E-state index contributed by atoms with van der Waals surface area (Å²) in [4.78, 5) is 49.6. The number of hydrogen-bond donors (Lipinski definition) is 1. The topological polar surface area (TPSA) is 102 Å². The standard InChI is InChI=1S/C18H19BN2O6S/c1-10(22)26-8-12-9-28-17-14(16(24)21(17)15(12)18(25)27-19)20-13(23)7-11-5-3-2-4-6-11/h2-6,14,17H,7-9,19H2,1H3,(H,20,23)/t14-,17-/m1/s1. The number of esters is 1. The molecule has 28 heavy (non-hydrogen) atoms. The molecule has 0 spiro atoms. The molecule has 1 fully saturated rings. The van der Waals surface area contributed by atoms with E-state index in [9.17, 15) is 19.2 Å². The van der Waals surface area contributed by atoms with Crippen molar-refractivity contribution in [1.82, 2.24) is 10.2 Å². The van der Waals surface area contributed by atoms with Crippen molar-refractivity contribution in [2.75, 3.05) is 12.4 Å². The molecule has 146 valence electrons. The lowest BCUT2D eigenvalue weighted by atomic mass is 10.0. The molecule has 3 rings (SSSR count). The van der Waals surface area contributed by atoms with Crippen LogP contribution in [0.5, 0.6) is 0 Å². The van der Waals surface area contributed by atoms with Crippen LogP contribution in [0.15, 0.2) is 41.6 Å². The maximum absolute atomic E-state index is 12.6. The van der Waals surface area contributed by atoms with E-state index in [4.69, 9.17) is 9.39 Å². The fourth-order valence-electron chi connectivity index (χ4n) is 3.07. The van der Waals surface area contributed by atoms with Crippen LogP contribution in [0.2, 0.25) is 0 Å². The molecule has 2 aliphatic rings. The van der Waals surface area contributed by atoms with Gasteiger partial charge in [-0.3, -0.25) is 19.3 Å². The van der Waals surface area contributed by atoms with Crippen molar-refractivity contribution in [3.05, 3.63) is 47.2 Å². The van der Waals surface area contributed by atoms with E-state index in [2.05, 4.69) is 5.32 Å². The van der Waals surface area contributed by atoms with Crippen molar-refractivity contribution in [3.8, 4) is 0 Å². The lowest BCUT2D eigenvalue weighted by Gasteiger charge is -2.49. The number of β-lactam (4-membered cyclic amide) rings is 1. The van der Waals surface area contributed by atoms with Gasteiger partial charge in [-0.1, -0.05) is 30.3 Å². The zero-order valence-corrected chi connectivity index (χ0v) is 16.3. The number of rotatable bonds is 6. The molecule has 0 aromatic heterocycles. The second-order valence-corrected chi connectivity index (χ2v) is 7.45. The first-order valence-corrected chi connectivity index (χ1v) is 9.69. The summed E-state index contributed by atoms with van der Waals surface area (Å²) in [6.07, 6.45) is 0.166. The van der Waals surface area contributed by atoms with Gasteiger partial charge in [0.2, 0.25) is 5.91 Å². The molecule has 10 heteroatoms. The molecule has 1 aromatic rings. The Morgan fingerprint density at radius 2 is 2.00 bits per heavy atom. The number of benzene rings is 1. The van der Waals surface area contributed by atoms with Crippen molar-refractivity contribution >= 4 is 43.6 Å². The molecular formula is C18H19BN2O6S. The SMILES string of the molecule is BOC(=O)C1=C(COC(C)=O)CS[C@@H]2[C@H](NC(=O)Cc3ccccc3)C(=O)N12. The average molecular weight is 402 g/mol. The molecule has 1 aromatic carbocycles. The third kappa shape index (κ3) is 4.06. The summed E-state index contributed by atoms with van der Waals surface area (Å²) in [6, 6.07) is 8.51. The minimum absolute atomic E-state index is 0.0889. The Hall–Kier alpha value is -2.75. The van der Waals surface area contributed by atoms with Gasteiger partial charge in [0.05, 0.1) is 6.42 Å². The number of hydrogen-bond acceptors (Lipinski definition) is 7. The Kier molecular flexibility index (Phi) is 6.08. The molecule has 0 aliphatic carbocycles. The van der Waals surface area contributed by atoms with Crippen molar-refractivity contribution in [3.63, 3.8) is 0 Å². The predicted octanol–water partition coefficient (Wildman–Crippen LogP) is -0.462. The van der Waals surface area contributed by atoms with Crippen LogP contribution in [0.3, 0.4) is 0 Å². The molecule has 0 radical (unpaired) electrons. The van der Waals surface area contributed by atoms with Gasteiger partial charge in [-0.15, -0.1) is 11.8 Å². The van der Waals surface area contributed by atoms with Crippen molar-refractivity contribution in [2.24, 2.45) is 0 Å². The number of amides is 2. The normalized spacial score (nSPS) is 20.8. The number of ether oxygens (including phenoxy) is 1. The second-order valence-electron chi connectivity index (χ2n) is 6.34. The highest BCUT2D eigenvalue weighted by atomic mass is 32.2. The predicted molar refractivity (Wildman–Crippen MR) is 103 cm³/mol. The molecule has 0 unspecified atom stereocenters. The third-order valence-electron chi connectivity index (χ3n) is 4.40. The highest BCUT2D eigenvalue weighted by Gasteiger charge is 2.54. The number of nitrogens with zero attached hydrogens (tertiary/aromatic N) is 1. The second kappa shape index (κ2) is 8.51. The molecular weight excluding hydrogens is 383 g/mol. The quantitative estimate of drug-likeness (QED) is 0.390. The molecule has 2 aliphatic heterocycles. The van der Waals surface area contributed by atoms with Crippen molar-refractivity contribution < 1.29 is 28.6 Å². The zero-order chi connectivity index (χ0) is 20.3. The molecule has 2 heterocycles. The molecule has 1 N–H and O–H groups in total. The van der Waals surface area contributed by atoms with E-state index in [1.165, 1.54) is 31.6 Å². The van der Waals surface area contributed by atoms with Gasteiger partial charge in [-0.2, -0.15) is 0 Å². The Morgan fingerprint density at radius 3 is 2.64 bits per heavy atom. The van der Waals surface area contributed by atoms with Gasteiger partial charge >= 0.3 is 20.0 Å². The first-order chi connectivity index (χ1) is 13.4. The molecule has 2 amide bonds. The molecule has 8 nitrogen and oxygen atoms in total. The number of thioether (sulfide) groups is 1. The van der Waals surface area contributed by atoms with Gasteiger partial charge in [-0.05, 0) is 5.56 Å². The van der Waals surface area contributed by atoms with Gasteiger partial charge in [0.25, 0.3) is 5.91 Å². The van der Waals surface area contributed by atoms with Crippen LogP contribution < -0.4 is 5.32 Å². The Bertz CT molecular complexity index is 844. The van der Waals surface area contributed by atoms with Crippen LogP contribution >= 0.6 is 11.8 Å². The summed E-state index contributed by atoms with van der Waals surface area (Å²) in [5.74, 6) is -1.42. The highest BCUT2D eigenvalue weighted by Crippen LogP contribution is 2.40. The van der Waals surface area contributed by atoms with E-state index in [1.54, 1.807) is 0 Å². The smallest absolute Gasteiger partial charge is 0.337 e. The minimum Gasteiger partial charge on any atom is -0.539 e. The summed E-state index contributed by atoms with van der Waals surface area (Å²) < 4.78 is 9.78. The van der Waals surface area contributed by atoms with Crippen molar-refractivity contribution in [1.29, 1.82) is 0 Å². The summed E-state index contributed by atoms with van der Waals surface area (Å²) in [6.45, 7) is 1.18. The van der Waals surface area contributed by atoms with Crippen LogP contribution in [-0.2, 0) is 35.0 Å². The Morgan fingerprint density at radius 1 is 1.29 bits per heavy atom. The fraction of sp³-hybridized carbons (Fsp3) is 0.333. The number of fused-ring (bicyclic) bond motifs is 1. The largest absolute Gasteiger partial charge is 0.539 e. The van der Waals surface area contributed by atoms with Crippen LogP contribution in [0, 0.1) is 0 Å². The highest BCUT2D eigenvalue weighted by molar-refractivity contribution is 8.00. The minimum atomic E-state index is -0.712. The summed E-state index contributed by atoms with van der Waals surface area (Å²) in [5, 5.41) is 2.34. The zero-order valence-electron chi connectivity index (χ0n) is 15.5. The fourth-order valence-corrected chi connectivity index (χ4v) is 4.40. The van der Waals surface area contributed by atoms with Gasteiger partial charge in [0, 0.05) is 18.2 Å². The van der Waals surface area contributed by atoms with E-state index in [-0.39, 0.29) is 30.5 Å². The van der Waals surface area contributed by atoms with E-state index in [0.717, 1.165) is 5.56 Å². The number of carbonyl (C=O) groups excluding carboxylic acids is 4. The van der Waals surface area contributed by atoms with Crippen LogP contribution in [0.4, 0.5) is 0 Å². The monoisotopic (exact) mass is 402 g/mol. The molecule has 1 saturated heterocycles. The van der Waals surface area contributed by atoms with Crippen LogP contribution in [-0.4, -0.2) is 60.5 Å². The third-order valence-corrected chi connectivity index (χ3v) is 5.74. The van der Waals surface area contributed by atoms with Crippen molar-refractivity contribution in [2.45, 2.75) is 24.8 Å². The lowest BCUT2D eigenvalue weighted by molar-refractivity contribution is -0.150. The van der Waals surface area contributed by atoms with Gasteiger partial charge in [0.1, 0.15) is 23.7 Å². The lowest BCUT2D eigenvalue weighted by Crippen LogP contribution is -2.70. The number of carbonyl (C=O) groups is 4. The van der Waals surface area contributed by atoms with E-state index < -0.39 is 23.4 Å². The van der Waals surface area contributed by atoms with Gasteiger partial charge < -0.3 is 14.7 Å². The summed E-state index contributed by atoms with van der Waals surface area (Å²) in [5.41, 5.74) is 1.44. The molecule has 2 atom stereocenters. The maximum atomic E-state index is 12.6. The first kappa shape index (κ1) is 20.0. The van der Waals surface area contributed by atoms with Crippen LogP contribution in [0.25, 0.3) is 0 Å².